The van der Waals surface area contributed by atoms with Gasteiger partial charge in [0.2, 0.25) is 0 Å². The largest absolute Gasteiger partial charge is 0.481 e. The molecule has 3 heteroatoms. The minimum absolute atomic E-state index is 0.135. The van der Waals surface area contributed by atoms with Crippen LogP contribution in [0.1, 0.15) is 46.0 Å². The Morgan fingerprint density at radius 2 is 2.25 bits per heavy atom. The third-order valence-corrected chi connectivity index (χ3v) is 3.70. The van der Waals surface area contributed by atoms with Crippen LogP contribution in [0.2, 0.25) is 0 Å². The van der Waals surface area contributed by atoms with Gasteiger partial charge in [0.25, 0.3) is 0 Å². The lowest BCUT2D eigenvalue weighted by molar-refractivity contribution is -0.144. The molecular formula is C13H25NO2. The Morgan fingerprint density at radius 1 is 1.50 bits per heavy atom. The van der Waals surface area contributed by atoms with Crippen molar-refractivity contribution in [3.8, 4) is 0 Å². The summed E-state index contributed by atoms with van der Waals surface area (Å²) in [4.78, 5) is 13.6. The number of carbonyl (C=O) groups is 1. The summed E-state index contributed by atoms with van der Waals surface area (Å²) >= 11 is 0. The van der Waals surface area contributed by atoms with Gasteiger partial charge in [-0.25, -0.2) is 0 Å². The highest BCUT2D eigenvalue weighted by Crippen LogP contribution is 2.26. The number of hydrogen-bond donors (Lipinski definition) is 1. The van der Waals surface area contributed by atoms with Crippen molar-refractivity contribution in [3.05, 3.63) is 0 Å². The maximum atomic E-state index is 11.1. The zero-order valence-corrected chi connectivity index (χ0v) is 10.6. The van der Waals surface area contributed by atoms with Crippen LogP contribution in [-0.2, 0) is 4.79 Å². The van der Waals surface area contributed by atoms with E-state index in [1.54, 1.807) is 0 Å². The van der Waals surface area contributed by atoms with Crippen molar-refractivity contribution in [3.63, 3.8) is 0 Å². The highest BCUT2D eigenvalue weighted by Gasteiger charge is 2.30. The predicted molar refractivity (Wildman–Crippen MR) is 65.5 cm³/mol. The molecule has 1 saturated heterocycles. The van der Waals surface area contributed by atoms with Crippen LogP contribution < -0.4 is 0 Å². The fourth-order valence-corrected chi connectivity index (χ4v) is 2.71. The second-order valence-electron chi connectivity index (χ2n) is 4.91. The summed E-state index contributed by atoms with van der Waals surface area (Å²) in [6.07, 6.45) is 5.47. The molecule has 1 rings (SSSR count). The number of likely N-dealkylation sites (tertiary alicyclic amines) is 1. The monoisotopic (exact) mass is 227 g/mol. The van der Waals surface area contributed by atoms with Crippen molar-refractivity contribution in [1.29, 1.82) is 0 Å². The number of piperidine rings is 1. The second-order valence-corrected chi connectivity index (χ2v) is 4.91. The first-order valence-electron chi connectivity index (χ1n) is 6.64. The molecule has 16 heavy (non-hydrogen) atoms. The lowest BCUT2D eigenvalue weighted by atomic mass is 9.84. The van der Waals surface area contributed by atoms with Crippen molar-refractivity contribution in [2.45, 2.75) is 46.0 Å². The minimum Gasteiger partial charge on any atom is -0.481 e. The van der Waals surface area contributed by atoms with Gasteiger partial charge in [-0.3, -0.25) is 4.79 Å². The number of carboxylic acids is 1. The van der Waals surface area contributed by atoms with Gasteiger partial charge in [-0.1, -0.05) is 20.3 Å². The highest BCUT2D eigenvalue weighted by atomic mass is 16.4. The van der Waals surface area contributed by atoms with Crippen molar-refractivity contribution in [1.82, 2.24) is 4.90 Å². The fraction of sp³-hybridized carbons (Fsp3) is 0.923. The summed E-state index contributed by atoms with van der Waals surface area (Å²) in [5.74, 6) is -0.373. The first-order valence-corrected chi connectivity index (χ1v) is 6.64. The smallest absolute Gasteiger partial charge is 0.306 e. The van der Waals surface area contributed by atoms with E-state index in [2.05, 4.69) is 11.8 Å². The van der Waals surface area contributed by atoms with Crippen molar-refractivity contribution >= 4 is 5.97 Å². The Labute approximate surface area is 98.8 Å². The molecule has 0 amide bonds. The minimum atomic E-state index is -0.607. The average molecular weight is 227 g/mol. The molecular weight excluding hydrogens is 202 g/mol. The quantitative estimate of drug-likeness (QED) is 0.758. The standard InChI is InChI=1S/C13H25NO2/c1-3-5-8-14-9-6-7-11(10-14)12(4-2)13(15)16/h11-12H,3-10H2,1-2H3,(H,15,16). The van der Waals surface area contributed by atoms with Gasteiger partial charge in [0.05, 0.1) is 5.92 Å². The zero-order chi connectivity index (χ0) is 12.0. The molecule has 3 nitrogen and oxygen atoms in total. The van der Waals surface area contributed by atoms with Crippen LogP contribution in [0.25, 0.3) is 0 Å². The lowest BCUT2D eigenvalue weighted by Gasteiger charge is -2.35. The van der Waals surface area contributed by atoms with Gasteiger partial charge in [0, 0.05) is 6.54 Å². The maximum Gasteiger partial charge on any atom is 0.306 e. The van der Waals surface area contributed by atoms with Crippen molar-refractivity contribution < 1.29 is 9.90 Å². The predicted octanol–water partition coefficient (Wildman–Crippen LogP) is 2.61. The molecule has 1 aliphatic rings. The molecule has 1 aliphatic heterocycles. The number of carboxylic acid groups (broad SMARTS) is 1. The molecule has 0 radical (unpaired) electrons. The molecule has 94 valence electrons. The fourth-order valence-electron chi connectivity index (χ4n) is 2.71. The van der Waals surface area contributed by atoms with E-state index in [0.29, 0.717) is 5.92 Å². The van der Waals surface area contributed by atoms with E-state index in [1.165, 1.54) is 12.8 Å². The van der Waals surface area contributed by atoms with Gasteiger partial charge in [0.15, 0.2) is 0 Å². The van der Waals surface area contributed by atoms with Crippen LogP contribution in [0.15, 0.2) is 0 Å². The molecule has 1 heterocycles. The van der Waals surface area contributed by atoms with Gasteiger partial charge in [-0.15, -0.1) is 0 Å². The van der Waals surface area contributed by atoms with E-state index < -0.39 is 5.97 Å². The first-order chi connectivity index (χ1) is 7.69. The Morgan fingerprint density at radius 3 is 2.81 bits per heavy atom. The number of aliphatic carboxylic acids is 1. The Balaban J connectivity index is 2.45. The van der Waals surface area contributed by atoms with Gasteiger partial charge in [-0.2, -0.15) is 0 Å². The summed E-state index contributed by atoms with van der Waals surface area (Å²) < 4.78 is 0. The van der Waals surface area contributed by atoms with E-state index in [9.17, 15) is 4.79 Å². The molecule has 1 N–H and O–H groups in total. The Hall–Kier alpha value is -0.570. The summed E-state index contributed by atoms with van der Waals surface area (Å²) in [5.41, 5.74) is 0. The summed E-state index contributed by atoms with van der Waals surface area (Å²) in [7, 11) is 0. The second kappa shape index (κ2) is 6.89. The number of nitrogens with zero attached hydrogens (tertiary/aromatic N) is 1. The summed E-state index contributed by atoms with van der Waals surface area (Å²) in [6.45, 7) is 7.48. The first kappa shape index (κ1) is 13.5. The molecule has 0 aromatic carbocycles. The van der Waals surface area contributed by atoms with E-state index in [0.717, 1.165) is 38.9 Å². The normalized spacial score (nSPS) is 24.2. The van der Waals surface area contributed by atoms with E-state index >= 15 is 0 Å². The topological polar surface area (TPSA) is 40.5 Å². The summed E-state index contributed by atoms with van der Waals surface area (Å²) in [6, 6.07) is 0. The molecule has 1 fully saturated rings. The molecule has 0 bridgehead atoms. The highest BCUT2D eigenvalue weighted by molar-refractivity contribution is 5.70. The number of hydrogen-bond acceptors (Lipinski definition) is 2. The van der Waals surface area contributed by atoms with Crippen LogP contribution in [0.3, 0.4) is 0 Å². The van der Waals surface area contributed by atoms with Gasteiger partial charge < -0.3 is 10.0 Å². The van der Waals surface area contributed by atoms with Crippen LogP contribution in [0.5, 0.6) is 0 Å². The van der Waals surface area contributed by atoms with E-state index in [-0.39, 0.29) is 5.92 Å². The van der Waals surface area contributed by atoms with Gasteiger partial charge >= 0.3 is 5.97 Å². The molecule has 0 aromatic heterocycles. The van der Waals surface area contributed by atoms with Crippen LogP contribution >= 0.6 is 0 Å². The Bertz CT molecular complexity index is 218. The van der Waals surface area contributed by atoms with E-state index in [1.807, 2.05) is 6.92 Å². The van der Waals surface area contributed by atoms with Crippen LogP contribution in [0.4, 0.5) is 0 Å². The van der Waals surface area contributed by atoms with Gasteiger partial charge in [0.1, 0.15) is 0 Å². The molecule has 0 saturated carbocycles. The summed E-state index contributed by atoms with van der Waals surface area (Å²) in [5, 5.41) is 9.17. The van der Waals surface area contributed by atoms with Gasteiger partial charge in [-0.05, 0) is 44.7 Å². The molecule has 2 unspecified atom stereocenters. The van der Waals surface area contributed by atoms with Crippen LogP contribution in [0, 0.1) is 11.8 Å². The SMILES string of the molecule is CCCCN1CCCC(C(CC)C(=O)O)C1. The zero-order valence-electron chi connectivity index (χ0n) is 10.6. The molecule has 0 spiro atoms. The maximum absolute atomic E-state index is 11.1. The number of rotatable bonds is 6. The lowest BCUT2D eigenvalue weighted by Crippen LogP contribution is -2.40. The van der Waals surface area contributed by atoms with Crippen molar-refractivity contribution in [2.75, 3.05) is 19.6 Å². The van der Waals surface area contributed by atoms with E-state index in [4.69, 9.17) is 5.11 Å². The Kier molecular flexibility index (Phi) is 5.81. The third-order valence-electron chi connectivity index (χ3n) is 3.70. The average Bonchev–Trinajstić information content (AvgIpc) is 2.27. The van der Waals surface area contributed by atoms with Crippen molar-refractivity contribution in [2.24, 2.45) is 11.8 Å². The molecule has 2 atom stereocenters. The third kappa shape index (κ3) is 3.78. The number of unbranched alkanes of at least 4 members (excludes halogenated alkanes) is 1. The van der Waals surface area contributed by atoms with Crippen LogP contribution in [-0.4, -0.2) is 35.6 Å². The molecule has 0 aromatic rings. The molecule has 0 aliphatic carbocycles.